The summed E-state index contributed by atoms with van der Waals surface area (Å²) in [6.45, 7) is 4.02. The molecule has 4 N–H and O–H groups in total. The Bertz CT molecular complexity index is 794. The van der Waals surface area contributed by atoms with Crippen LogP contribution in [0.4, 0.5) is 0 Å². The number of phosphoric acid groups is 1. The lowest BCUT2D eigenvalue weighted by atomic mass is 10.0. The quantitative estimate of drug-likeness (QED) is 0.389. The van der Waals surface area contributed by atoms with Crippen LogP contribution in [0.1, 0.15) is 51.8 Å². The lowest BCUT2D eigenvalue weighted by molar-refractivity contribution is 0.155. The average Bonchev–Trinajstić information content (AvgIpc) is 2.62. The highest BCUT2D eigenvalue weighted by atomic mass is 31.2. The van der Waals surface area contributed by atoms with Crippen LogP contribution in [0, 0.1) is 0 Å². The molecule has 0 aliphatic heterocycles. The molecule has 1 aromatic heterocycles. The fourth-order valence-corrected chi connectivity index (χ4v) is 2.99. The molecular weight excluding hydrogens is 369 g/mol. The Morgan fingerprint density at radius 3 is 2.67 bits per heavy atom. The van der Waals surface area contributed by atoms with Gasteiger partial charge in [-0.2, -0.15) is 0 Å². The first-order valence-electron chi connectivity index (χ1n) is 9.10. The molecule has 0 aliphatic rings. The molecule has 1 heterocycles. The third-order valence-electron chi connectivity index (χ3n) is 4.11. The van der Waals surface area contributed by atoms with Crippen molar-refractivity contribution in [3.8, 4) is 5.75 Å². The third kappa shape index (κ3) is 7.16. The molecule has 0 radical (unpaired) electrons. The van der Waals surface area contributed by atoms with Crippen molar-refractivity contribution in [3.63, 3.8) is 0 Å². The number of fused-ring (bicyclic) bond motifs is 1. The number of phosphoric ester groups is 1. The van der Waals surface area contributed by atoms with Gasteiger partial charge in [0.2, 0.25) is 0 Å². The molecule has 0 saturated heterocycles. The minimum atomic E-state index is -4.61. The highest BCUT2D eigenvalue weighted by molar-refractivity contribution is 7.46. The number of hydrogen-bond donors (Lipinski definition) is 3. The van der Waals surface area contributed by atoms with Crippen LogP contribution in [0.5, 0.6) is 5.75 Å². The van der Waals surface area contributed by atoms with Gasteiger partial charge < -0.3 is 20.3 Å². The van der Waals surface area contributed by atoms with Crippen molar-refractivity contribution >= 4 is 18.7 Å². The van der Waals surface area contributed by atoms with E-state index in [2.05, 4.69) is 21.4 Å². The highest BCUT2D eigenvalue weighted by Gasteiger charge is 2.29. The summed E-state index contributed by atoms with van der Waals surface area (Å²) in [5, 5.41) is 0.800. The summed E-state index contributed by atoms with van der Waals surface area (Å²) < 4.78 is 21.2. The first-order chi connectivity index (χ1) is 12.7. The van der Waals surface area contributed by atoms with Gasteiger partial charge in [0.1, 0.15) is 5.75 Å². The Labute approximate surface area is 159 Å². The Morgan fingerprint density at radius 2 is 1.96 bits per heavy atom. The molecule has 0 fully saturated rings. The lowest BCUT2D eigenvalue weighted by Crippen LogP contribution is -2.39. The van der Waals surface area contributed by atoms with E-state index in [4.69, 9.17) is 20.3 Å². The topological polar surface area (TPSA) is 128 Å². The van der Waals surface area contributed by atoms with Crippen LogP contribution in [0.25, 0.3) is 10.9 Å². The average molecular weight is 397 g/mol. The summed E-state index contributed by atoms with van der Waals surface area (Å²) in [6.07, 6.45) is 7.53. The molecule has 150 valence electrons. The smallest absolute Gasteiger partial charge is 0.469 e. The summed E-state index contributed by atoms with van der Waals surface area (Å²) >= 11 is 0. The van der Waals surface area contributed by atoms with Crippen LogP contribution < -0.4 is 10.5 Å². The summed E-state index contributed by atoms with van der Waals surface area (Å²) in [5.41, 5.74) is 5.50. The minimum Gasteiger partial charge on any atom is -0.494 e. The maximum absolute atomic E-state index is 10.9. The van der Waals surface area contributed by atoms with Gasteiger partial charge in [0.15, 0.2) is 5.82 Å². The second kappa shape index (κ2) is 9.57. The van der Waals surface area contributed by atoms with E-state index in [1.54, 1.807) is 13.1 Å². The minimum absolute atomic E-state index is 0.244. The summed E-state index contributed by atoms with van der Waals surface area (Å²) in [5.74, 6) is 1.00. The molecule has 9 heteroatoms. The van der Waals surface area contributed by atoms with Crippen LogP contribution in [-0.4, -0.2) is 33.0 Å². The lowest BCUT2D eigenvalue weighted by Gasteiger charge is -2.23. The van der Waals surface area contributed by atoms with Gasteiger partial charge in [0.25, 0.3) is 0 Å². The van der Waals surface area contributed by atoms with E-state index < -0.39 is 20.0 Å². The van der Waals surface area contributed by atoms with E-state index in [1.165, 1.54) is 25.7 Å². The van der Waals surface area contributed by atoms with Gasteiger partial charge in [0, 0.05) is 11.6 Å². The number of aromatic nitrogens is 2. The Hall–Kier alpha value is -1.57. The van der Waals surface area contributed by atoms with E-state index in [0.29, 0.717) is 12.1 Å². The zero-order valence-corrected chi connectivity index (χ0v) is 16.7. The number of benzene rings is 1. The molecule has 2 aromatic rings. The van der Waals surface area contributed by atoms with Crippen LogP contribution in [0.15, 0.2) is 24.4 Å². The molecule has 1 aromatic carbocycles. The Morgan fingerprint density at radius 1 is 1.22 bits per heavy atom. The van der Waals surface area contributed by atoms with Gasteiger partial charge >= 0.3 is 7.82 Å². The van der Waals surface area contributed by atoms with Crippen molar-refractivity contribution in [2.75, 3.05) is 13.2 Å². The molecule has 2 rings (SSSR count). The first-order valence-corrected chi connectivity index (χ1v) is 10.6. The van der Waals surface area contributed by atoms with Crippen molar-refractivity contribution in [1.82, 2.24) is 9.97 Å². The molecule has 0 spiro atoms. The number of hydrogen-bond acceptors (Lipinski definition) is 6. The van der Waals surface area contributed by atoms with Crippen molar-refractivity contribution in [1.29, 1.82) is 0 Å². The number of nitrogens with two attached hydrogens (primary N) is 1. The summed E-state index contributed by atoms with van der Waals surface area (Å²) in [4.78, 5) is 26.3. The maximum atomic E-state index is 10.9. The Kier molecular flexibility index (Phi) is 7.70. The standard InChI is InChI=1S/C18H28N3O5P/c1-3-4-5-6-7-10-25-15-8-9-16-14(11-15)12-20-17(21-16)18(2,19)13-26-27(22,23)24/h8-9,11-12H,3-7,10,13,19H2,1-2H3,(H2,22,23,24)/t18-/m0/s1. The van der Waals surface area contributed by atoms with Crippen molar-refractivity contribution in [2.24, 2.45) is 5.73 Å². The van der Waals surface area contributed by atoms with Gasteiger partial charge in [-0.3, -0.25) is 4.52 Å². The molecule has 0 unspecified atom stereocenters. The third-order valence-corrected chi connectivity index (χ3v) is 4.58. The van der Waals surface area contributed by atoms with Crippen molar-refractivity contribution in [3.05, 3.63) is 30.2 Å². The van der Waals surface area contributed by atoms with Gasteiger partial charge in [0.05, 0.1) is 24.3 Å². The van der Waals surface area contributed by atoms with E-state index in [1.807, 2.05) is 18.2 Å². The normalized spacial score (nSPS) is 14.3. The van der Waals surface area contributed by atoms with Crippen LogP contribution >= 0.6 is 7.82 Å². The van der Waals surface area contributed by atoms with E-state index in [9.17, 15) is 4.57 Å². The molecule has 0 saturated carbocycles. The second-order valence-electron chi connectivity index (χ2n) is 6.86. The molecule has 8 nitrogen and oxygen atoms in total. The predicted octanol–water partition coefficient (Wildman–Crippen LogP) is 3.26. The zero-order chi connectivity index (χ0) is 19.9. The van der Waals surface area contributed by atoms with E-state index in [-0.39, 0.29) is 5.82 Å². The summed E-state index contributed by atoms with van der Waals surface area (Å²) in [7, 11) is -4.61. The van der Waals surface area contributed by atoms with Gasteiger partial charge in [-0.15, -0.1) is 0 Å². The molecular formula is C18H28N3O5P. The first kappa shape index (κ1) is 21.7. The van der Waals surface area contributed by atoms with Crippen molar-refractivity contribution < 1.29 is 23.6 Å². The van der Waals surface area contributed by atoms with Gasteiger partial charge in [-0.1, -0.05) is 32.6 Å². The van der Waals surface area contributed by atoms with Crippen LogP contribution in [0.2, 0.25) is 0 Å². The second-order valence-corrected chi connectivity index (χ2v) is 8.10. The zero-order valence-electron chi connectivity index (χ0n) is 15.8. The monoisotopic (exact) mass is 397 g/mol. The Balaban J connectivity index is 2.00. The predicted molar refractivity (Wildman–Crippen MR) is 103 cm³/mol. The van der Waals surface area contributed by atoms with E-state index >= 15 is 0 Å². The molecule has 1 atom stereocenters. The molecule has 0 amide bonds. The highest BCUT2D eigenvalue weighted by Crippen LogP contribution is 2.37. The molecule has 27 heavy (non-hydrogen) atoms. The number of unbranched alkanes of at least 4 members (excludes halogenated alkanes) is 4. The van der Waals surface area contributed by atoms with Gasteiger partial charge in [-0.25, -0.2) is 14.5 Å². The molecule has 0 bridgehead atoms. The fraction of sp³-hybridized carbons (Fsp3) is 0.556. The largest absolute Gasteiger partial charge is 0.494 e. The van der Waals surface area contributed by atoms with Crippen molar-refractivity contribution in [2.45, 2.75) is 51.5 Å². The van der Waals surface area contributed by atoms with Gasteiger partial charge in [-0.05, 0) is 31.5 Å². The SMILES string of the molecule is CCCCCCCOc1ccc2nc([C@@](C)(N)COP(=O)(O)O)ncc2c1. The maximum Gasteiger partial charge on any atom is 0.469 e. The number of ether oxygens (including phenoxy) is 1. The number of rotatable bonds is 11. The van der Waals surface area contributed by atoms with E-state index in [0.717, 1.165) is 17.6 Å². The number of nitrogens with zero attached hydrogens (tertiary/aromatic N) is 2. The fourth-order valence-electron chi connectivity index (χ4n) is 2.55. The van der Waals surface area contributed by atoms with Crippen LogP contribution in [-0.2, 0) is 14.6 Å². The van der Waals surface area contributed by atoms with Crippen LogP contribution in [0.3, 0.4) is 0 Å². The summed E-state index contributed by atoms with van der Waals surface area (Å²) in [6, 6.07) is 5.52. The molecule has 0 aliphatic carbocycles.